The van der Waals surface area contributed by atoms with Gasteiger partial charge in [-0.3, -0.25) is 4.55 Å². The maximum Gasteiger partial charge on any atom is 0.265 e. The zero-order valence-corrected chi connectivity index (χ0v) is 11.0. The molecule has 96 valence electrons. The molecule has 1 aromatic heterocycles. The van der Waals surface area contributed by atoms with E-state index in [1.165, 1.54) is 13.0 Å². The highest BCUT2D eigenvalue weighted by Gasteiger charge is 2.22. The third-order valence-electron chi connectivity index (χ3n) is 1.69. The largest absolute Gasteiger partial charge is 0.286 e. The van der Waals surface area contributed by atoms with Crippen molar-refractivity contribution in [3.05, 3.63) is 16.9 Å². The number of aromatic nitrogens is 2. The van der Waals surface area contributed by atoms with Crippen LogP contribution in [-0.2, 0) is 20.0 Å². The van der Waals surface area contributed by atoms with E-state index in [1.807, 2.05) is 0 Å². The summed E-state index contributed by atoms with van der Waals surface area (Å²) < 4.78 is 52.7. The van der Waals surface area contributed by atoms with Crippen LogP contribution in [0, 0.1) is 6.92 Å². The summed E-state index contributed by atoms with van der Waals surface area (Å²) in [6.45, 7) is 1.52. The first kappa shape index (κ1) is 14.3. The molecule has 0 amide bonds. The Bertz CT molecular complexity index is 605. The monoisotopic (exact) mass is 300 g/mol. The standard InChI is InChI=1S/C7H9ClN2O5S2/c1-5-4-6(8)10-7(9-5)16(11,12)2-3-17(13,14)15/h4H,2-3H2,1H3,(H,13,14,15). The van der Waals surface area contributed by atoms with Crippen LogP contribution < -0.4 is 0 Å². The van der Waals surface area contributed by atoms with Crippen LogP contribution in [0.4, 0.5) is 0 Å². The minimum atomic E-state index is -4.35. The maximum absolute atomic E-state index is 11.6. The zero-order valence-electron chi connectivity index (χ0n) is 8.66. The molecule has 0 aliphatic heterocycles. The van der Waals surface area contributed by atoms with Crippen LogP contribution >= 0.6 is 11.6 Å². The molecule has 17 heavy (non-hydrogen) atoms. The Labute approximate surface area is 104 Å². The van der Waals surface area contributed by atoms with E-state index >= 15 is 0 Å². The van der Waals surface area contributed by atoms with E-state index in [1.54, 1.807) is 0 Å². The second-order valence-corrected chi connectivity index (χ2v) is 7.18. The topological polar surface area (TPSA) is 114 Å². The summed E-state index contributed by atoms with van der Waals surface area (Å²) in [6.07, 6.45) is 0. The van der Waals surface area contributed by atoms with Crippen molar-refractivity contribution < 1.29 is 21.4 Å². The lowest BCUT2D eigenvalue weighted by Gasteiger charge is -2.03. The van der Waals surface area contributed by atoms with Gasteiger partial charge in [-0.15, -0.1) is 0 Å². The molecule has 0 saturated carbocycles. The van der Waals surface area contributed by atoms with Crippen molar-refractivity contribution in [2.24, 2.45) is 0 Å². The van der Waals surface area contributed by atoms with Crippen molar-refractivity contribution >= 4 is 31.6 Å². The van der Waals surface area contributed by atoms with E-state index < -0.39 is 36.6 Å². The van der Waals surface area contributed by atoms with E-state index in [-0.39, 0.29) is 5.15 Å². The summed E-state index contributed by atoms with van der Waals surface area (Å²) >= 11 is 5.56. The molecule has 0 bridgehead atoms. The van der Waals surface area contributed by atoms with Crippen LogP contribution in [-0.4, -0.2) is 42.9 Å². The quantitative estimate of drug-likeness (QED) is 0.476. The van der Waals surface area contributed by atoms with E-state index in [0.717, 1.165) is 0 Å². The van der Waals surface area contributed by atoms with Crippen molar-refractivity contribution in [3.8, 4) is 0 Å². The Morgan fingerprint density at radius 2 is 1.82 bits per heavy atom. The summed E-state index contributed by atoms with van der Waals surface area (Å²) in [5, 5.41) is -0.603. The summed E-state index contributed by atoms with van der Waals surface area (Å²) in [7, 11) is -8.34. The highest BCUT2D eigenvalue weighted by molar-refractivity contribution is 7.93. The molecule has 0 saturated heterocycles. The molecular formula is C7H9ClN2O5S2. The molecule has 1 heterocycles. The zero-order chi connectivity index (χ0) is 13.3. The number of rotatable bonds is 4. The van der Waals surface area contributed by atoms with Crippen molar-refractivity contribution in [2.45, 2.75) is 12.1 Å². The predicted molar refractivity (Wildman–Crippen MR) is 60.2 cm³/mol. The number of halogens is 1. The van der Waals surface area contributed by atoms with Gasteiger partial charge < -0.3 is 0 Å². The van der Waals surface area contributed by atoms with E-state index in [9.17, 15) is 16.8 Å². The van der Waals surface area contributed by atoms with Crippen LogP contribution in [0.1, 0.15) is 5.69 Å². The van der Waals surface area contributed by atoms with E-state index in [4.69, 9.17) is 16.2 Å². The van der Waals surface area contributed by atoms with Crippen LogP contribution in [0.25, 0.3) is 0 Å². The van der Waals surface area contributed by atoms with Gasteiger partial charge in [-0.2, -0.15) is 8.42 Å². The van der Waals surface area contributed by atoms with Gasteiger partial charge in [0.2, 0.25) is 15.0 Å². The normalized spacial score (nSPS) is 12.6. The molecule has 0 radical (unpaired) electrons. The number of hydrogen-bond donors (Lipinski definition) is 1. The Morgan fingerprint density at radius 3 is 2.29 bits per heavy atom. The van der Waals surface area contributed by atoms with Gasteiger partial charge in [0.15, 0.2) is 0 Å². The van der Waals surface area contributed by atoms with Gasteiger partial charge in [0.25, 0.3) is 10.1 Å². The fraction of sp³-hybridized carbons (Fsp3) is 0.429. The molecule has 0 spiro atoms. The Morgan fingerprint density at radius 1 is 1.24 bits per heavy atom. The van der Waals surface area contributed by atoms with E-state index in [0.29, 0.717) is 5.69 Å². The van der Waals surface area contributed by atoms with Gasteiger partial charge in [0.05, 0.1) is 11.5 Å². The Kier molecular flexibility index (Phi) is 4.07. The number of nitrogens with zero attached hydrogens (tertiary/aromatic N) is 2. The molecule has 0 aliphatic rings. The highest BCUT2D eigenvalue weighted by Crippen LogP contribution is 2.12. The van der Waals surface area contributed by atoms with Gasteiger partial charge in [0.1, 0.15) is 5.15 Å². The van der Waals surface area contributed by atoms with Gasteiger partial charge in [-0.25, -0.2) is 18.4 Å². The van der Waals surface area contributed by atoms with E-state index in [2.05, 4.69) is 9.97 Å². The van der Waals surface area contributed by atoms with Crippen LogP contribution in [0.5, 0.6) is 0 Å². The molecule has 7 nitrogen and oxygen atoms in total. The molecule has 10 heteroatoms. The van der Waals surface area contributed by atoms with Crippen LogP contribution in [0.2, 0.25) is 5.15 Å². The van der Waals surface area contributed by atoms with Crippen molar-refractivity contribution in [3.63, 3.8) is 0 Å². The lowest BCUT2D eigenvalue weighted by atomic mass is 10.5. The summed E-state index contributed by atoms with van der Waals surface area (Å²) in [5.74, 6) is -1.71. The van der Waals surface area contributed by atoms with Gasteiger partial charge >= 0.3 is 0 Å². The van der Waals surface area contributed by atoms with Gasteiger partial charge in [-0.05, 0) is 13.0 Å². The summed E-state index contributed by atoms with van der Waals surface area (Å²) in [4.78, 5) is 7.14. The first-order chi connectivity index (χ1) is 7.60. The van der Waals surface area contributed by atoms with Gasteiger partial charge in [0, 0.05) is 5.69 Å². The Hall–Kier alpha value is -0.770. The first-order valence-electron chi connectivity index (χ1n) is 4.29. The third-order valence-corrected chi connectivity index (χ3v) is 4.34. The molecule has 0 aliphatic carbocycles. The lowest BCUT2D eigenvalue weighted by molar-refractivity contribution is 0.484. The SMILES string of the molecule is Cc1cc(Cl)nc(S(=O)(=O)CCS(=O)(=O)O)n1. The molecule has 0 aromatic carbocycles. The minimum Gasteiger partial charge on any atom is -0.286 e. The molecule has 0 fully saturated rings. The molecule has 1 rings (SSSR count). The first-order valence-corrected chi connectivity index (χ1v) is 7.93. The number of sulfone groups is 1. The van der Waals surface area contributed by atoms with Gasteiger partial charge in [-0.1, -0.05) is 11.6 Å². The van der Waals surface area contributed by atoms with Crippen LogP contribution in [0.3, 0.4) is 0 Å². The fourth-order valence-electron chi connectivity index (χ4n) is 0.950. The molecule has 0 atom stereocenters. The van der Waals surface area contributed by atoms with Crippen molar-refractivity contribution in [1.82, 2.24) is 9.97 Å². The third kappa shape index (κ3) is 4.54. The Balaban J connectivity index is 3.05. The minimum absolute atomic E-state index is 0.0528. The molecular weight excluding hydrogens is 292 g/mol. The lowest BCUT2D eigenvalue weighted by Crippen LogP contribution is -2.19. The number of aryl methyl sites for hydroxylation is 1. The second-order valence-electron chi connectivity index (χ2n) is 3.22. The summed E-state index contributed by atoms with van der Waals surface area (Å²) in [5.41, 5.74) is 0.343. The smallest absolute Gasteiger partial charge is 0.265 e. The molecule has 1 aromatic rings. The second kappa shape index (κ2) is 4.84. The molecule has 0 unspecified atom stereocenters. The highest BCUT2D eigenvalue weighted by atomic mass is 35.5. The van der Waals surface area contributed by atoms with Crippen molar-refractivity contribution in [2.75, 3.05) is 11.5 Å². The fourth-order valence-corrected chi connectivity index (χ4v) is 3.66. The average Bonchev–Trinajstić information content (AvgIpc) is 2.12. The maximum atomic E-state index is 11.6. The number of hydrogen-bond acceptors (Lipinski definition) is 6. The molecule has 1 N–H and O–H groups in total. The summed E-state index contributed by atoms with van der Waals surface area (Å²) in [6, 6.07) is 1.36. The van der Waals surface area contributed by atoms with Crippen molar-refractivity contribution in [1.29, 1.82) is 0 Å². The predicted octanol–water partition coefficient (Wildman–Crippen LogP) is 0.0999. The average molecular weight is 301 g/mol. The van der Waals surface area contributed by atoms with Crippen LogP contribution in [0.15, 0.2) is 11.2 Å².